The molecule has 3 aromatic rings. The van der Waals surface area contributed by atoms with E-state index in [1.807, 2.05) is 26.8 Å². The van der Waals surface area contributed by atoms with E-state index in [1.165, 1.54) is 29.2 Å². The van der Waals surface area contributed by atoms with Crippen LogP contribution in [-0.2, 0) is 26.2 Å². The number of carbonyl (C=O) groups is 2. The van der Waals surface area contributed by atoms with Gasteiger partial charge in [0.05, 0.1) is 10.6 Å². The Hall–Kier alpha value is -3.07. The summed E-state index contributed by atoms with van der Waals surface area (Å²) in [4.78, 5) is 28.3. The third-order valence-electron chi connectivity index (χ3n) is 6.09. The Kier molecular flexibility index (Phi) is 10.4. The van der Waals surface area contributed by atoms with E-state index in [9.17, 15) is 18.0 Å². The average Bonchev–Trinajstić information content (AvgIpc) is 2.89. The highest BCUT2D eigenvalue weighted by atomic mass is 35.5. The number of carbonyl (C=O) groups excluding carboxylic acids is 2. The minimum absolute atomic E-state index is 0.00631. The summed E-state index contributed by atoms with van der Waals surface area (Å²) in [5, 5.41) is 3.80. The Morgan fingerprint density at radius 1 is 0.897 bits per heavy atom. The number of nitrogens with zero attached hydrogens (tertiary/aromatic N) is 2. The highest BCUT2D eigenvalue weighted by Crippen LogP contribution is 2.26. The van der Waals surface area contributed by atoms with Crippen LogP contribution in [0.25, 0.3) is 0 Å². The molecule has 0 radical (unpaired) electrons. The molecular formula is C29H33Cl2N3O4S. The lowest BCUT2D eigenvalue weighted by Gasteiger charge is -2.32. The van der Waals surface area contributed by atoms with Crippen LogP contribution in [0.15, 0.2) is 77.7 Å². The molecule has 10 heteroatoms. The Bertz CT molecular complexity index is 1390. The molecular weight excluding hydrogens is 557 g/mol. The minimum Gasteiger partial charge on any atom is -0.354 e. The number of hydrogen-bond acceptors (Lipinski definition) is 4. The number of amides is 2. The lowest BCUT2D eigenvalue weighted by atomic mass is 10.1. The minimum atomic E-state index is -4.15. The van der Waals surface area contributed by atoms with Crippen molar-refractivity contribution in [3.05, 3.63) is 94.0 Å². The molecule has 208 valence electrons. The third-order valence-corrected chi connectivity index (χ3v) is 8.38. The molecule has 0 fully saturated rings. The first-order chi connectivity index (χ1) is 18.4. The van der Waals surface area contributed by atoms with Crippen LogP contribution >= 0.6 is 23.2 Å². The highest BCUT2D eigenvalue weighted by Gasteiger charge is 2.32. The van der Waals surface area contributed by atoms with Gasteiger partial charge < -0.3 is 10.2 Å². The first kappa shape index (κ1) is 30.5. The molecule has 39 heavy (non-hydrogen) atoms. The number of hydrogen-bond donors (Lipinski definition) is 1. The molecule has 0 aliphatic carbocycles. The monoisotopic (exact) mass is 589 g/mol. The molecule has 0 saturated heterocycles. The van der Waals surface area contributed by atoms with Gasteiger partial charge in [-0.15, -0.1) is 0 Å². The van der Waals surface area contributed by atoms with Crippen molar-refractivity contribution < 1.29 is 18.0 Å². The van der Waals surface area contributed by atoms with Crippen LogP contribution in [0.2, 0.25) is 10.0 Å². The van der Waals surface area contributed by atoms with Crippen LogP contribution < -0.4 is 9.62 Å². The zero-order chi connectivity index (χ0) is 28.7. The molecule has 0 bridgehead atoms. The molecule has 1 atom stereocenters. The summed E-state index contributed by atoms with van der Waals surface area (Å²) in [6, 6.07) is 18.8. The van der Waals surface area contributed by atoms with Crippen LogP contribution in [0, 0.1) is 12.8 Å². The third kappa shape index (κ3) is 8.21. The lowest BCUT2D eigenvalue weighted by Crippen LogP contribution is -2.51. The molecule has 7 nitrogen and oxygen atoms in total. The summed E-state index contributed by atoms with van der Waals surface area (Å²) in [6.45, 7) is 7.46. The van der Waals surface area contributed by atoms with Gasteiger partial charge in [0, 0.05) is 23.1 Å². The van der Waals surface area contributed by atoms with E-state index < -0.39 is 28.5 Å². The molecule has 0 saturated carbocycles. The predicted octanol–water partition coefficient (Wildman–Crippen LogP) is 5.69. The first-order valence-electron chi connectivity index (χ1n) is 12.5. The van der Waals surface area contributed by atoms with Crippen LogP contribution in [0.4, 0.5) is 5.69 Å². The van der Waals surface area contributed by atoms with E-state index in [0.717, 1.165) is 15.4 Å². The van der Waals surface area contributed by atoms with Gasteiger partial charge in [0.1, 0.15) is 12.6 Å². The van der Waals surface area contributed by atoms with Crippen molar-refractivity contribution in [2.75, 3.05) is 17.4 Å². The molecule has 0 spiro atoms. The zero-order valence-corrected chi connectivity index (χ0v) is 24.7. The van der Waals surface area contributed by atoms with Gasteiger partial charge in [0.15, 0.2) is 0 Å². The van der Waals surface area contributed by atoms with Crippen molar-refractivity contribution in [1.29, 1.82) is 0 Å². The molecule has 3 aromatic carbocycles. The maximum atomic E-state index is 13.9. The Labute approximate surface area is 240 Å². The number of nitrogens with one attached hydrogen (secondary N) is 1. The maximum absolute atomic E-state index is 13.9. The van der Waals surface area contributed by atoms with Crippen molar-refractivity contribution in [2.24, 2.45) is 5.92 Å². The second kappa shape index (κ2) is 13.3. The van der Waals surface area contributed by atoms with Crippen molar-refractivity contribution in [3.63, 3.8) is 0 Å². The fraction of sp³-hybridized carbons (Fsp3) is 0.310. The Morgan fingerprint density at radius 2 is 1.49 bits per heavy atom. The van der Waals surface area contributed by atoms with E-state index in [4.69, 9.17) is 23.2 Å². The summed E-state index contributed by atoms with van der Waals surface area (Å²) in [5.41, 5.74) is 1.91. The smallest absolute Gasteiger partial charge is 0.264 e. The number of halogens is 2. The van der Waals surface area contributed by atoms with E-state index in [0.29, 0.717) is 22.3 Å². The molecule has 0 aliphatic heterocycles. The molecule has 1 N–H and O–H groups in total. The average molecular weight is 591 g/mol. The first-order valence-corrected chi connectivity index (χ1v) is 14.7. The van der Waals surface area contributed by atoms with Crippen LogP contribution in [0.1, 0.15) is 31.9 Å². The normalized spacial score (nSPS) is 12.2. The van der Waals surface area contributed by atoms with Gasteiger partial charge in [0.2, 0.25) is 11.8 Å². The van der Waals surface area contributed by atoms with Crippen molar-refractivity contribution >= 4 is 50.7 Å². The van der Waals surface area contributed by atoms with Crippen LogP contribution in [-0.4, -0.2) is 44.3 Å². The lowest BCUT2D eigenvalue weighted by molar-refractivity contribution is -0.139. The van der Waals surface area contributed by atoms with Crippen LogP contribution in [0.3, 0.4) is 0 Å². The summed E-state index contributed by atoms with van der Waals surface area (Å²) >= 11 is 12.0. The van der Waals surface area contributed by atoms with Gasteiger partial charge in [-0.2, -0.15) is 0 Å². The second-order valence-electron chi connectivity index (χ2n) is 9.77. The molecule has 2 amide bonds. The number of aryl methyl sites for hydroxylation is 1. The van der Waals surface area contributed by atoms with Gasteiger partial charge in [-0.05, 0) is 79.4 Å². The fourth-order valence-electron chi connectivity index (χ4n) is 3.87. The van der Waals surface area contributed by atoms with E-state index in [2.05, 4.69) is 5.32 Å². The Balaban J connectivity index is 2.01. The molecule has 0 unspecified atom stereocenters. The SMILES string of the molecule is Cc1cccc(N(CC(=O)N(Cc2ccc(Cl)cc2)[C@@H](C)C(=O)NCC(C)C)S(=O)(=O)c2ccc(Cl)cc2)c1. The predicted molar refractivity (Wildman–Crippen MR) is 156 cm³/mol. The van der Waals surface area contributed by atoms with Gasteiger partial charge in [-0.3, -0.25) is 13.9 Å². The highest BCUT2D eigenvalue weighted by molar-refractivity contribution is 7.92. The number of rotatable bonds is 11. The number of sulfonamides is 1. The van der Waals surface area contributed by atoms with Gasteiger partial charge in [-0.1, -0.05) is 61.3 Å². The summed E-state index contributed by atoms with van der Waals surface area (Å²) in [5.74, 6) is -0.632. The number of anilines is 1. The number of benzene rings is 3. The summed E-state index contributed by atoms with van der Waals surface area (Å²) in [6.07, 6.45) is 0. The van der Waals surface area contributed by atoms with Crippen molar-refractivity contribution in [1.82, 2.24) is 10.2 Å². The molecule has 3 rings (SSSR count). The van der Waals surface area contributed by atoms with Crippen LogP contribution in [0.5, 0.6) is 0 Å². The van der Waals surface area contributed by atoms with E-state index >= 15 is 0 Å². The molecule has 0 aromatic heterocycles. The van der Waals surface area contributed by atoms with E-state index in [-0.39, 0.29) is 23.3 Å². The topological polar surface area (TPSA) is 86.8 Å². The van der Waals surface area contributed by atoms with E-state index in [1.54, 1.807) is 49.4 Å². The quantitative estimate of drug-likeness (QED) is 0.311. The Morgan fingerprint density at radius 3 is 2.05 bits per heavy atom. The standard InChI is InChI=1S/C29H33Cl2N3O4S/c1-20(2)17-32-29(36)22(4)33(18-23-8-10-24(30)11-9-23)28(35)19-34(26-7-5-6-21(3)16-26)39(37,38)27-14-12-25(31)13-15-27/h5-16,20,22H,17-19H2,1-4H3,(H,32,36)/t22-/m0/s1. The summed E-state index contributed by atoms with van der Waals surface area (Å²) < 4.78 is 28.7. The van der Waals surface area contributed by atoms with Gasteiger partial charge in [-0.25, -0.2) is 8.42 Å². The maximum Gasteiger partial charge on any atom is 0.264 e. The summed E-state index contributed by atoms with van der Waals surface area (Å²) in [7, 11) is -4.15. The van der Waals surface area contributed by atoms with Crippen molar-refractivity contribution in [2.45, 2.75) is 45.2 Å². The zero-order valence-electron chi connectivity index (χ0n) is 22.4. The van der Waals surface area contributed by atoms with Crippen molar-refractivity contribution in [3.8, 4) is 0 Å². The largest absolute Gasteiger partial charge is 0.354 e. The van der Waals surface area contributed by atoms with Gasteiger partial charge in [0.25, 0.3) is 10.0 Å². The second-order valence-corrected chi connectivity index (χ2v) is 12.5. The van der Waals surface area contributed by atoms with Gasteiger partial charge >= 0.3 is 0 Å². The molecule has 0 heterocycles. The fourth-order valence-corrected chi connectivity index (χ4v) is 5.53. The molecule has 0 aliphatic rings.